The fourth-order valence-electron chi connectivity index (χ4n) is 1.10. The highest BCUT2D eigenvalue weighted by Gasteiger charge is 2.12. The normalized spacial score (nSPS) is 12.4. The first-order valence-corrected chi connectivity index (χ1v) is 5.18. The van der Waals surface area contributed by atoms with Crippen LogP contribution in [0.25, 0.3) is 0 Å². The van der Waals surface area contributed by atoms with Gasteiger partial charge in [-0.25, -0.2) is 4.21 Å². The van der Waals surface area contributed by atoms with Crippen molar-refractivity contribution in [2.45, 2.75) is 6.42 Å². The molecule has 1 aromatic rings. The molecule has 0 aliphatic carbocycles. The summed E-state index contributed by atoms with van der Waals surface area (Å²) in [5.41, 5.74) is 0.484. The van der Waals surface area contributed by atoms with Gasteiger partial charge in [0.25, 0.3) is 5.69 Å². The molecule has 0 saturated heterocycles. The van der Waals surface area contributed by atoms with Gasteiger partial charge >= 0.3 is 0 Å². The zero-order valence-corrected chi connectivity index (χ0v) is 8.07. The molecular weight excluding hydrogens is 206 g/mol. The molecule has 1 rings (SSSR count). The zero-order valence-electron chi connectivity index (χ0n) is 7.25. The lowest BCUT2D eigenvalue weighted by molar-refractivity contribution is -0.385. The highest BCUT2D eigenvalue weighted by atomic mass is 32.2. The van der Waals surface area contributed by atoms with E-state index in [1.807, 2.05) is 0 Å². The van der Waals surface area contributed by atoms with Gasteiger partial charge in [0, 0.05) is 11.6 Å². The number of para-hydroxylation sites is 1. The van der Waals surface area contributed by atoms with Crippen LogP contribution in [0, 0.1) is 10.1 Å². The molecule has 6 heteroatoms. The molecule has 1 atom stereocenters. The van der Waals surface area contributed by atoms with E-state index in [4.69, 9.17) is 4.55 Å². The molecule has 0 saturated carbocycles. The van der Waals surface area contributed by atoms with E-state index in [1.54, 1.807) is 18.2 Å². The van der Waals surface area contributed by atoms with Crippen molar-refractivity contribution >= 4 is 16.8 Å². The monoisotopic (exact) mass is 215 g/mol. The van der Waals surface area contributed by atoms with Crippen LogP contribution in [-0.4, -0.2) is 19.4 Å². The first-order valence-electron chi connectivity index (χ1n) is 3.91. The molecule has 0 aromatic heterocycles. The number of hydrogen-bond donors (Lipinski definition) is 1. The molecule has 0 aliphatic rings. The van der Waals surface area contributed by atoms with Gasteiger partial charge in [0.2, 0.25) is 0 Å². The highest BCUT2D eigenvalue weighted by Crippen LogP contribution is 2.17. The molecule has 0 spiro atoms. The Labute approximate surface area is 83.2 Å². The summed E-state index contributed by atoms with van der Waals surface area (Å²) in [5, 5.41) is 10.5. The van der Waals surface area contributed by atoms with Crippen molar-refractivity contribution in [2.24, 2.45) is 0 Å². The van der Waals surface area contributed by atoms with Crippen molar-refractivity contribution in [3.8, 4) is 0 Å². The maximum Gasteiger partial charge on any atom is 0.272 e. The Morgan fingerprint density at radius 3 is 2.64 bits per heavy atom. The largest absolute Gasteiger partial charge is 0.306 e. The maximum atomic E-state index is 10.5. The summed E-state index contributed by atoms with van der Waals surface area (Å²) in [6.45, 7) is 0. The van der Waals surface area contributed by atoms with Gasteiger partial charge in [-0.2, -0.15) is 0 Å². The molecule has 14 heavy (non-hydrogen) atoms. The summed E-state index contributed by atoms with van der Waals surface area (Å²) in [6.07, 6.45) is 0.236. The third-order valence-corrected chi connectivity index (χ3v) is 2.29. The summed E-state index contributed by atoms with van der Waals surface area (Å²) in [7, 11) is 0. The lowest BCUT2D eigenvalue weighted by Gasteiger charge is -1.99. The van der Waals surface area contributed by atoms with Crippen molar-refractivity contribution in [1.29, 1.82) is 0 Å². The summed E-state index contributed by atoms with van der Waals surface area (Å²) >= 11 is -1.91. The first kappa shape index (κ1) is 10.8. The van der Waals surface area contributed by atoms with Crippen LogP contribution in [0.5, 0.6) is 0 Å². The predicted octanol–water partition coefficient (Wildman–Crippen LogP) is 1.36. The molecule has 1 unspecified atom stereocenters. The maximum absolute atomic E-state index is 10.5. The summed E-state index contributed by atoms with van der Waals surface area (Å²) in [6, 6.07) is 6.21. The number of rotatable bonds is 4. The predicted molar refractivity (Wildman–Crippen MR) is 52.4 cm³/mol. The number of hydrogen-bond acceptors (Lipinski definition) is 3. The van der Waals surface area contributed by atoms with Crippen LogP contribution < -0.4 is 0 Å². The lowest BCUT2D eigenvalue weighted by atomic mass is 10.1. The molecule has 0 bridgehead atoms. The van der Waals surface area contributed by atoms with Gasteiger partial charge in [0.05, 0.1) is 10.7 Å². The molecule has 76 valence electrons. The molecule has 0 heterocycles. The Bertz CT molecular complexity index is 366. The summed E-state index contributed by atoms with van der Waals surface area (Å²) < 4.78 is 18.9. The number of nitrogens with zero attached hydrogens (tertiary/aromatic N) is 1. The van der Waals surface area contributed by atoms with Crippen LogP contribution in [0.15, 0.2) is 24.3 Å². The van der Waals surface area contributed by atoms with Gasteiger partial charge in [-0.15, -0.1) is 0 Å². The first-order chi connectivity index (χ1) is 6.61. The van der Waals surface area contributed by atoms with Crippen molar-refractivity contribution in [3.05, 3.63) is 39.9 Å². The Kier molecular flexibility index (Phi) is 3.73. The average Bonchev–Trinajstić information content (AvgIpc) is 2.15. The van der Waals surface area contributed by atoms with Gasteiger partial charge in [0.15, 0.2) is 11.1 Å². The van der Waals surface area contributed by atoms with Crippen LogP contribution in [-0.2, 0) is 17.5 Å². The van der Waals surface area contributed by atoms with E-state index < -0.39 is 16.0 Å². The van der Waals surface area contributed by atoms with Gasteiger partial charge in [-0.1, -0.05) is 18.2 Å². The molecule has 0 aliphatic heterocycles. The van der Waals surface area contributed by atoms with Crippen molar-refractivity contribution in [2.75, 3.05) is 5.75 Å². The third kappa shape index (κ3) is 2.90. The molecule has 1 N–H and O–H groups in total. The van der Waals surface area contributed by atoms with Crippen molar-refractivity contribution in [1.82, 2.24) is 0 Å². The molecule has 0 fully saturated rings. The van der Waals surface area contributed by atoms with Gasteiger partial charge < -0.3 is 4.55 Å². The molecule has 0 amide bonds. The Morgan fingerprint density at radius 2 is 2.07 bits per heavy atom. The minimum Gasteiger partial charge on any atom is -0.306 e. The second kappa shape index (κ2) is 4.83. The van der Waals surface area contributed by atoms with Crippen LogP contribution in [0.2, 0.25) is 0 Å². The lowest BCUT2D eigenvalue weighted by Crippen LogP contribution is -2.02. The van der Waals surface area contributed by atoms with E-state index in [1.165, 1.54) is 6.07 Å². The number of aryl methyl sites for hydroxylation is 1. The summed E-state index contributed by atoms with van der Waals surface area (Å²) in [5.74, 6) is 0.0187. The second-order valence-corrected chi connectivity index (χ2v) is 3.71. The molecular formula is C8H9NO4S. The van der Waals surface area contributed by atoms with E-state index in [-0.39, 0.29) is 17.9 Å². The highest BCUT2D eigenvalue weighted by molar-refractivity contribution is 7.79. The van der Waals surface area contributed by atoms with Crippen LogP contribution in [0.4, 0.5) is 5.69 Å². The smallest absolute Gasteiger partial charge is 0.272 e. The van der Waals surface area contributed by atoms with Gasteiger partial charge in [0.1, 0.15) is 0 Å². The number of nitro groups is 1. The quantitative estimate of drug-likeness (QED) is 0.467. The average molecular weight is 215 g/mol. The Balaban J connectivity index is 2.84. The molecule has 5 nitrogen and oxygen atoms in total. The van der Waals surface area contributed by atoms with Gasteiger partial charge in [-0.05, 0) is 6.42 Å². The fraction of sp³-hybridized carbons (Fsp3) is 0.250. The van der Waals surface area contributed by atoms with E-state index in [9.17, 15) is 14.3 Å². The SMILES string of the molecule is O=[N+]([O-])c1ccccc1CCS(=O)O. The van der Waals surface area contributed by atoms with Crippen LogP contribution in [0.1, 0.15) is 5.56 Å². The van der Waals surface area contributed by atoms with Crippen LogP contribution >= 0.6 is 0 Å². The van der Waals surface area contributed by atoms with Crippen molar-refractivity contribution in [3.63, 3.8) is 0 Å². The minimum absolute atomic E-state index is 0.00190. The third-order valence-electron chi connectivity index (χ3n) is 1.73. The topological polar surface area (TPSA) is 80.4 Å². The van der Waals surface area contributed by atoms with E-state index >= 15 is 0 Å². The zero-order chi connectivity index (χ0) is 10.6. The van der Waals surface area contributed by atoms with E-state index in [2.05, 4.69) is 0 Å². The summed E-state index contributed by atoms with van der Waals surface area (Å²) in [4.78, 5) is 10.0. The van der Waals surface area contributed by atoms with E-state index in [0.717, 1.165) is 0 Å². The van der Waals surface area contributed by atoms with Crippen molar-refractivity contribution < 1.29 is 13.7 Å². The van der Waals surface area contributed by atoms with E-state index in [0.29, 0.717) is 5.56 Å². The van der Waals surface area contributed by atoms with Gasteiger partial charge in [-0.3, -0.25) is 10.1 Å². The Morgan fingerprint density at radius 1 is 1.43 bits per heavy atom. The van der Waals surface area contributed by atoms with Crippen LogP contribution in [0.3, 0.4) is 0 Å². The minimum atomic E-state index is -1.91. The standard InChI is InChI=1S/C8H9NO4S/c10-9(11)8-4-2-1-3-7(8)5-6-14(12)13/h1-4H,5-6H2,(H,12,13). The molecule has 0 radical (unpaired) electrons. The number of nitro benzene ring substituents is 1. The fourth-order valence-corrected chi connectivity index (χ4v) is 1.49. The molecule has 1 aromatic carbocycles. The Hall–Kier alpha value is -1.27. The second-order valence-electron chi connectivity index (χ2n) is 2.66. The number of benzene rings is 1.